The van der Waals surface area contributed by atoms with Crippen LogP contribution >= 0.6 is 0 Å². The van der Waals surface area contributed by atoms with E-state index < -0.39 is 11.7 Å². The SMILES string of the molecule is CC(=O)c1ccc(OCCCC(=O)NC(C)c2cnn(-c3cccc(C(F)(F)F)c3)c2C)cc1. The molecule has 1 N–H and O–H groups in total. The second kappa shape index (κ2) is 10.5. The van der Waals surface area contributed by atoms with Gasteiger partial charge in [0.15, 0.2) is 5.78 Å². The number of ketones is 1. The molecule has 1 heterocycles. The summed E-state index contributed by atoms with van der Waals surface area (Å²) in [6.45, 7) is 5.38. The molecule has 0 fully saturated rings. The average molecular weight is 473 g/mol. The number of halogens is 3. The van der Waals surface area contributed by atoms with Gasteiger partial charge >= 0.3 is 6.18 Å². The molecule has 3 aromatic rings. The third-order valence-electron chi connectivity index (χ3n) is 5.39. The lowest BCUT2D eigenvalue weighted by atomic mass is 10.1. The van der Waals surface area contributed by atoms with Gasteiger partial charge in [-0.1, -0.05) is 6.07 Å². The lowest BCUT2D eigenvalue weighted by molar-refractivity contribution is -0.137. The first-order valence-corrected chi connectivity index (χ1v) is 10.8. The van der Waals surface area contributed by atoms with Crippen LogP contribution in [0.2, 0.25) is 0 Å². The third-order valence-corrected chi connectivity index (χ3v) is 5.39. The summed E-state index contributed by atoms with van der Waals surface area (Å²) in [4.78, 5) is 23.6. The molecule has 0 bridgehead atoms. The van der Waals surface area contributed by atoms with Crippen molar-refractivity contribution in [3.63, 3.8) is 0 Å². The largest absolute Gasteiger partial charge is 0.494 e. The van der Waals surface area contributed by atoms with Crippen LogP contribution < -0.4 is 10.1 Å². The Hall–Kier alpha value is -3.62. The van der Waals surface area contributed by atoms with E-state index in [9.17, 15) is 22.8 Å². The van der Waals surface area contributed by atoms with Gasteiger partial charge in [-0.2, -0.15) is 18.3 Å². The molecule has 0 aliphatic carbocycles. The van der Waals surface area contributed by atoms with E-state index in [1.807, 2.05) is 0 Å². The van der Waals surface area contributed by atoms with Crippen molar-refractivity contribution >= 4 is 11.7 Å². The number of amides is 1. The van der Waals surface area contributed by atoms with E-state index in [2.05, 4.69) is 10.4 Å². The number of Topliss-reactive ketones (excluding diaryl/α,β-unsaturated/α-hetero) is 1. The summed E-state index contributed by atoms with van der Waals surface area (Å²) in [6.07, 6.45) is -2.15. The monoisotopic (exact) mass is 473 g/mol. The number of nitrogens with one attached hydrogen (secondary N) is 1. The molecule has 0 aliphatic rings. The summed E-state index contributed by atoms with van der Waals surface area (Å²) in [6, 6.07) is 11.4. The van der Waals surface area contributed by atoms with Crippen LogP contribution in [0.1, 0.15) is 59.9 Å². The summed E-state index contributed by atoms with van der Waals surface area (Å²) >= 11 is 0. The second-order valence-electron chi connectivity index (χ2n) is 7.97. The standard InChI is InChI=1S/C25H26F3N3O3/c1-16(30-24(33)8-5-13-34-22-11-9-19(10-12-22)18(3)32)23-15-29-31(17(23)2)21-7-4-6-20(14-21)25(26,27)28/h4,6-7,9-12,14-16H,5,8,13H2,1-3H3,(H,30,33). The van der Waals surface area contributed by atoms with Crippen molar-refractivity contribution in [2.24, 2.45) is 0 Å². The molecule has 0 saturated heterocycles. The predicted octanol–water partition coefficient (Wildman–Crippen LogP) is 5.44. The van der Waals surface area contributed by atoms with Crippen molar-refractivity contribution in [3.8, 4) is 11.4 Å². The molecule has 1 amide bonds. The molecule has 0 aliphatic heterocycles. The van der Waals surface area contributed by atoms with Crippen molar-refractivity contribution < 1.29 is 27.5 Å². The van der Waals surface area contributed by atoms with Gasteiger partial charge in [0.1, 0.15) is 5.75 Å². The van der Waals surface area contributed by atoms with Gasteiger partial charge in [-0.25, -0.2) is 4.68 Å². The first kappa shape index (κ1) is 25.0. The second-order valence-corrected chi connectivity index (χ2v) is 7.97. The Morgan fingerprint density at radius 1 is 1.15 bits per heavy atom. The minimum Gasteiger partial charge on any atom is -0.494 e. The highest BCUT2D eigenvalue weighted by Crippen LogP contribution is 2.31. The number of hydrogen-bond acceptors (Lipinski definition) is 4. The summed E-state index contributed by atoms with van der Waals surface area (Å²) < 4.78 is 46.1. The first-order chi connectivity index (χ1) is 16.1. The molecule has 0 saturated carbocycles. The molecule has 2 aromatic carbocycles. The Labute approximate surface area is 195 Å². The minimum atomic E-state index is -4.44. The van der Waals surface area contributed by atoms with E-state index in [0.717, 1.165) is 12.1 Å². The molecular formula is C25H26F3N3O3. The third kappa shape index (κ3) is 6.24. The van der Waals surface area contributed by atoms with E-state index >= 15 is 0 Å². The number of carbonyl (C=O) groups excluding carboxylic acids is 2. The van der Waals surface area contributed by atoms with Crippen LogP contribution in [-0.2, 0) is 11.0 Å². The van der Waals surface area contributed by atoms with Crippen LogP contribution in [0.4, 0.5) is 13.2 Å². The zero-order chi connectivity index (χ0) is 24.9. The normalized spacial score (nSPS) is 12.3. The highest BCUT2D eigenvalue weighted by Gasteiger charge is 2.30. The van der Waals surface area contributed by atoms with Gasteiger partial charge in [0, 0.05) is 23.2 Å². The summed E-state index contributed by atoms with van der Waals surface area (Å²) in [5, 5.41) is 7.11. The zero-order valence-corrected chi connectivity index (χ0v) is 19.1. The van der Waals surface area contributed by atoms with Gasteiger partial charge in [-0.15, -0.1) is 0 Å². The number of rotatable bonds is 9. The Bertz CT molecular complexity index is 1150. The van der Waals surface area contributed by atoms with Crippen molar-refractivity contribution in [1.82, 2.24) is 15.1 Å². The molecule has 180 valence electrons. The fraction of sp³-hybridized carbons (Fsp3) is 0.320. The fourth-order valence-electron chi connectivity index (χ4n) is 3.52. The number of ether oxygens (including phenoxy) is 1. The van der Waals surface area contributed by atoms with E-state index in [-0.39, 0.29) is 24.2 Å². The van der Waals surface area contributed by atoms with Crippen molar-refractivity contribution in [2.45, 2.75) is 45.8 Å². The summed E-state index contributed by atoms with van der Waals surface area (Å²) in [5.41, 5.74) is 1.51. The van der Waals surface area contributed by atoms with Crippen molar-refractivity contribution in [2.75, 3.05) is 6.61 Å². The number of nitrogens with zero attached hydrogens (tertiary/aromatic N) is 2. The van der Waals surface area contributed by atoms with Crippen molar-refractivity contribution in [1.29, 1.82) is 0 Å². The number of benzene rings is 2. The van der Waals surface area contributed by atoms with E-state index in [0.29, 0.717) is 41.3 Å². The van der Waals surface area contributed by atoms with Crippen LogP contribution in [-0.4, -0.2) is 28.1 Å². The van der Waals surface area contributed by atoms with Crippen LogP contribution in [0.25, 0.3) is 5.69 Å². The highest BCUT2D eigenvalue weighted by molar-refractivity contribution is 5.94. The molecule has 6 nitrogen and oxygen atoms in total. The Morgan fingerprint density at radius 2 is 1.85 bits per heavy atom. The van der Waals surface area contributed by atoms with Crippen molar-refractivity contribution in [3.05, 3.63) is 77.1 Å². The average Bonchev–Trinajstić information content (AvgIpc) is 3.18. The van der Waals surface area contributed by atoms with E-state index in [1.54, 1.807) is 50.4 Å². The highest BCUT2D eigenvalue weighted by atomic mass is 19.4. The zero-order valence-electron chi connectivity index (χ0n) is 19.1. The summed E-state index contributed by atoms with van der Waals surface area (Å²) in [7, 11) is 0. The lowest BCUT2D eigenvalue weighted by Gasteiger charge is -2.15. The van der Waals surface area contributed by atoms with Crippen LogP contribution in [0.15, 0.2) is 54.7 Å². The fourth-order valence-corrected chi connectivity index (χ4v) is 3.52. The Morgan fingerprint density at radius 3 is 2.50 bits per heavy atom. The predicted molar refractivity (Wildman–Crippen MR) is 121 cm³/mol. The number of hydrogen-bond donors (Lipinski definition) is 1. The first-order valence-electron chi connectivity index (χ1n) is 10.8. The van der Waals surface area contributed by atoms with Gasteiger partial charge in [0.05, 0.1) is 30.1 Å². The molecule has 1 aromatic heterocycles. The lowest BCUT2D eigenvalue weighted by Crippen LogP contribution is -2.27. The van der Waals surface area contributed by atoms with Gasteiger partial charge in [0.25, 0.3) is 0 Å². The molecule has 1 atom stereocenters. The van der Waals surface area contributed by atoms with Gasteiger partial charge in [-0.3, -0.25) is 9.59 Å². The molecular weight excluding hydrogens is 447 g/mol. The van der Waals surface area contributed by atoms with Gasteiger partial charge in [0.2, 0.25) is 5.91 Å². The number of aromatic nitrogens is 2. The molecule has 9 heteroatoms. The van der Waals surface area contributed by atoms with Crippen LogP contribution in [0.5, 0.6) is 5.75 Å². The van der Waals surface area contributed by atoms with Crippen LogP contribution in [0, 0.1) is 6.92 Å². The molecule has 0 radical (unpaired) electrons. The quantitative estimate of drug-likeness (QED) is 0.332. The molecule has 1 unspecified atom stereocenters. The van der Waals surface area contributed by atoms with Gasteiger partial charge < -0.3 is 10.1 Å². The smallest absolute Gasteiger partial charge is 0.416 e. The Balaban J connectivity index is 1.53. The van der Waals surface area contributed by atoms with E-state index in [1.165, 1.54) is 17.7 Å². The minimum absolute atomic E-state index is 0.0204. The maximum absolute atomic E-state index is 13.0. The molecule has 0 spiro atoms. The number of carbonyl (C=O) groups is 2. The Kier molecular flexibility index (Phi) is 7.75. The van der Waals surface area contributed by atoms with Gasteiger partial charge in [-0.05, 0) is 69.7 Å². The molecule has 3 rings (SSSR count). The topological polar surface area (TPSA) is 73.2 Å². The maximum Gasteiger partial charge on any atom is 0.416 e. The molecule has 34 heavy (non-hydrogen) atoms. The maximum atomic E-state index is 13.0. The van der Waals surface area contributed by atoms with E-state index in [4.69, 9.17) is 4.74 Å². The summed E-state index contributed by atoms with van der Waals surface area (Å²) in [5.74, 6) is 0.429. The number of alkyl halides is 3. The van der Waals surface area contributed by atoms with Crippen LogP contribution in [0.3, 0.4) is 0 Å².